The fourth-order valence-corrected chi connectivity index (χ4v) is 4.74. The number of nitrogens with zero attached hydrogens (tertiary/aromatic N) is 2. The second kappa shape index (κ2) is 12.2. The van der Waals surface area contributed by atoms with Gasteiger partial charge >= 0.3 is 0 Å². The molecule has 2 heterocycles. The van der Waals surface area contributed by atoms with Crippen molar-refractivity contribution in [3.05, 3.63) is 84.0 Å². The average Bonchev–Trinajstić information content (AvgIpc) is 3.29. The molecule has 0 radical (unpaired) electrons. The van der Waals surface area contributed by atoms with E-state index in [1.165, 1.54) is 0 Å². The highest BCUT2D eigenvalue weighted by molar-refractivity contribution is 6.24. The molecule has 186 valence electrons. The molecular formula is C28H32ClFN2O3. The van der Waals surface area contributed by atoms with Crippen LogP contribution in [-0.2, 0) is 4.84 Å². The van der Waals surface area contributed by atoms with Gasteiger partial charge in [-0.1, -0.05) is 41.6 Å². The van der Waals surface area contributed by atoms with E-state index >= 15 is 0 Å². The molecule has 0 aliphatic carbocycles. The topological polar surface area (TPSA) is 54.3 Å². The zero-order valence-corrected chi connectivity index (χ0v) is 20.5. The maximum Gasteiger partial charge on any atom is 0.165 e. The van der Waals surface area contributed by atoms with Gasteiger partial charge in [-0.15, -0.1) is 18.2 Å². The summed E-state index contributed by atoms with van der Waals surface area (Å²) in [5.74, 6) is 1.19. The fourth-order valence-electron chi connectivity index (χ4n) is 4.50. The van der Waals surface area contributed by atoms with Gasteiger partial charge in [0.25, 0.3) is 0 Å². The van der Waals surface area contributed by atoms with Crippen LogP contribution in [-0.4, -0.2) is 54.0 Å². The van der Waals surface area contributed by atoms with E-state index in [9.17, 15) is 9.50 Å². The molecule has 7 heteroatoms. The van der Waals surface area contributed by atoms with Gasteiger partial charge in [0.2, 0.25) is 0 Å². The SMILES string of the molecule is C=CCC/C=C(\CCl)C1=NOC(c2ccc(O)cc2)[C@@H]1c1ccc(OC2CN(CCCF)C2)cc1. The number of hydrogen-bond acceptors (Lipinski definition) is 5. The van der Waals surface area contributed by atoms with E-state index in [2.05, 4.69) is 22.7 Å². The van der Waals surface area contributed by atoms with Crippen LogP contribution in [0, 0.1) is 0 Å². The normalized spacial score (nSPS) is 20.7. The standard InChI is InChI=1S/C28H32ClFN2O3/c1-2-3-4-6-22(17-29)27-26(28(35-31-27)21-7-11-23(33)12-8-21)20-9-13-24(14-10-20)34-25-18-32(19-25)16-5-15-30/h2,6-14,25-26,28,33H,1,3-5,15-19H2/b22-6+/t26-,28?/m1/s1. The lowest BCUT2D eigenvalue weighted by Crippen LogP contribution is -2.53. The first kappa shape index (κ1) is 25.3. The van der Waals surface area contributed by atoms with Crippen LogP contribution in [0.4, 0.5) is 4.39 Å². The second-order valence-corrected chi connectivity index (χ2v) is 9.18. The van der Waals surface area contributed by atoms with Crippen molar-refractivity contribution in [3.63, 3.8) is 0 Å². The van der Waals surface area contributed by atoms with Gasteiger partial charge in [-0.05, 0) is 60.2 Å². The van der Waals surface area contributed by atoms with E-state index in [1.807, 2.05) is 42.5 Å². The lowest BCUT2D eigenvalue weighted by Gasteiger charge is -2.38. The summed E-state index contributed by atoms with van der Waals surface area (Å²) in [6, 6.07) is 15.1. The number of phenols is 1. The highest BCUT2D eigenvalue weighted by Gasteiger charge is 2.38. The molecule has 2 aliphatic heterocycles. The number of rotatable bonds is 12. The highest BCUT2D eigenvalue weighted by Crippen LogP contribution is 2.43. The third kappa shape index (κ3) is 6.24. The Kier molecular flexibility index (Phi) is 8.83. The molecule has 2 aliphatic rings. The van der Waals surface area contributed by atoms with Gasteiger partial charge in [0, 0.05) is 25.5 Å². The van der Waals surface area contributed by atoms with Crippen LogP contribution in [0.3, 0.4) is 0 Å². The van der Waals surface area contributed by atoms with E-state index < -0.39 is 0 Å². The number of alkyl halides is 2. The van der Waals surface area contributed by atoms with Gasteiger partial charge in [0.05, 0.1) is 18.3 Å². The molecule has 1 N–H and O–H groups in total. The molecule has 2 aromatic rings. The summed E-state index contributed by atoms with van der Waals surface area (Å²) in [5.41, 5.74) is 3.74. The zero-order valence-electron chi connectivity index (χ0n) is 19.8. The number of allylic oxidation sites excluding steroid dienone is 3. The maximum absolute atomic E-state index is 12.4. The average molecular weight is 499 g/mol. The van der Waals surface area contributed by atoms with Crippen LogP contribution in [0.5, 0.6) is 11.5 Å². The number of benzene rings is 2. The summed E-state index contributed by atoms with van der Waals surface area (Å²) in [7, 11) is 0. The lowest BCUT2D eigenvalue weighted by atomic mass is 9.83. The minimum absolute atomic E-state index is 0.132. The maximum atomic E-state index is 12.4. The van der Waals surface area contributed by atoms with Gasteiger partial charge in [0.15, 0.2) is 6.10 Å². The Hall–Kier alpha value is -2.83. The summed E-state index contributed by atoms with van der Waals surface area (Å²) in [5, 5.41) is 14.2. The first-order chi connectivity index (χ1) is 17.1. The van der Waals surface area contributed by atoms with Crippen LogP contribution in [0.25, 0.3) is 0 Å². The summed E-state index contributed by atoms with van der Waals surface area (Å²) >= 11 is 6.33. The molecule has 2 aromatic carbocycles. The van der Waals surface area contributed by atoms with Gasteiger partial charge in [-0.3, -0.25) is 9.29 Å². The summed E-state index contributed by atoms with van der Waals surface area (Å²) in [4.78, 5) is 8.14. The molecule has 1 unspecified atom stereocenters. The lowest BCUT2D eigenvalue weighted by molar-refractivity contribution is 0.0184. The summed E-state index contributed by atoms with van der Waals surface area (Å²) in [6.07, 6.45) is 6.05. The molecule has 1 saturated heterocycles. The van der Waals surface area contributed by atoms with Crippen LogP contribution >= 0.6 is 11.6 Å². The molecule has 1 fully saturated rings. The highest BCUT2D eigenvalue weighted by atomic mass is 35.5. The van der Waals surface area contributed by atoms with Crippen molar-refractivity contribution in [1.29, 1.82) is 0 Å². The third-order valence-corrected chi connectivity index (χ3v) is 6.68. The number of halogens is 2. The van der Waals surface area contributed by atoms with E-state index in [0.717, 1.165) is 60.6 Å². The molecule has 0 amide bonds. The van der Waals surface area contributed by atoms with Crippen molar-refractivity contribution >= 4 is 17.3 Å². The van der Waals surface area contributed by atoms with E-state index in [1.54, 1.807) is 12.1 Å². The monoisotopic (exact) mass is 498 g/mol. The quantitative estimate of drug-likeness (QED) is 0.216. The van der Waals surface area contributed by atoms with Crippen molar-refractivity contribution < 1.29 is 19.1 Å². The first-order valence-corrected chi connectivity index (χ1v) is 12.6. The Bertz CT molecular complexity index is 1030. The molecule has 35 heavy (non-hydrogen) atoms. The van der Waals surface area contributed by atoms with Crippen LogP contribution in [0.15, 0.2) is 78.0 Å². The first-order valence-electron chi connectivity index (χ1n) is 12.1. The van der Waals surface area contributed by atoms with Crippen LogP contribution in [0.2, 0.25) is 0 Å². The van der Waals surface area contributed by atoms with Crippen molar-refractivity contribution in [2.45, 2.75) is 37.4 Å². The van der Waals surface area contributed by atoms with E-state index in [0.29, 0.717) is 12.3 Å². The molecule has 2 atom stereocenters. The van der Waals surface area contributed by atoms with Gasteiger partial charge in [0.1, 0.15) is 17.6 Å². The number of oxime groups is 1. The molecular weight excluding hydrogens is 467 g/mol. The zero-order chi connectivity index (χ0) is 24.6. The molecule has 5 nitrogen and oxygen atoms in total. The number of aromatic hydroxyl groups is 1. The van der Waals surface area contributed by atoms with E-state index in [4.69, 9.17) is 21.2 Å². The molecule has 4 rings (SSSR count). The second-order valence-electron chi connectivity index (χ2n) is 8.91. The van der Waals surface area contributed by atoms with Crippen molar-refractivity contribution in [2.24, 2.45) is 5.16 Å². The summed E-state index contributed by atoms with van der Waals surface area (Å²) < 4.78 is 18.5. The van der Waals surface area contributed by atoms with Crippen molar-refractivity contribution in [1.82, 2.24) is 4.90 Å². The molecule has 0 saturated carbocycles. The number of unbranched alkanes of at least 4 members (excludes halogenated alkanes) is 1. The number of hydrogen-bond donors (Lipinski definition) is 1. The van der Waals surface area contributed by atoms with Gasteiger partial charge in [-0.25, -0.2) is 0 Å². The minimum atomic E-state index is -0.334. The predicted octanol–water partition coefficient (Wildman–Crippen LogP) is 6.16. The van der Waals surface area contributed by atoms with Gasteiger partial charge in [-0.2, -0.15) is 0 Å². The fraction of sp³-hybridized carbons (Fsp3) is 0.393. The molecule has 0 spiro atoms. The van der Waals surface area contributed by atoms with E-state index in [-0.39, 0.29) is 30.5 Å². The Morgan fingerprint density at radius 3 is 2.51 bits per heavy atom. The number of ether oxygens (including phenoxy) is 1. The Morgan fingerprint density at radius 2 is 1.86 bits per heavy atom. The van der Waals surface area contributed by atoms with Crippen molar-refractivity contribution in [2.75, 3.05) is 32.2 Å². The molecule has 0 aromatic heterocycles. The van der Waals surface area contributed by atoms with Crippen LogP contribution in [0.1, 0.15) is 42.4 Å². The largest absolute Gasteiger partial charge is 0.508 e. The minimum Gasteiger partial charge on any atom is -0.508 e. The predicted molar refractivity (Wildman–Crippen MR) is 138 cm³/mol. The summed E-state index contributed by atoms with van der Waals surface area (Å²) in [6.45, 7) is 5.94. The number of likely N-dealkylation sites (tertiary alicyclic amines) is 1. The Balaban J connectivity index is 1.52. The Labute approximate surface area is 211 Å². The van der Waals surface area contributed by atoms with Crippen molar-refractivity contribution in [3.8, 4) is 11.5 Å². The smallest absolute Gasteiger partial charge is 0.165 e. The van der Waals surface area contributed by atoms with Gasteiger partial charge < -0.3 is 14.7 Å². The Morgan fingerprint density at radius 1 is 1.14 bits per heavy atom. The van der Waals surface area contributed by atoms with Crippen LogP contribution < -0.4 is 4.74 Å². The molecule has 0 bridgehead atoms. The third-order valence-electron chi connectivity index (χ3n) is 6.39. The number of phenolic OH excluding ortho intramolecular Hbond substituents is 1.